The van der Waals surface area contributed by atoms with Crippen LogP contribution in [0, 0.1) is 5.92 Å². The molecule has 0 bridgehead atoms. The molecule has 0 unspecified atom stereocenters. The predicted molar refractivity (Wildman–Crippen MR) is 144 cm³/mol. The van der Waals surface area contributed by atoms with E-state index in [9.17, 15) is 19.6 Å². The van der Waals surface area contributed by atoms with E-state index in [0.717, 1.165) is 0 Å². The van der Waals surface area contributed by atoms with E-state index in [1.165, 1.54) is 17.8 Å². The number of aromatic nitrogens is 4. The number of anilines is 2. The second-order valence-corrected chi connectivity index (χ2v) is 11.1. The van der Waals surface area contributed by atoms with Crippen LogP contribution in [0.1, 0.15) is 27.0 Å². The molecule has 0 spiro atoms. The van der Waals surface area contributed by atoms with Gasteiger partial charge >= 0.3 is 13.7 Å². The highest BCUT2D eigenvalue weighted by molar-refractivity contribution is 7.52. The number of nitrogens with zero attached hydrogens (tertiary/aromatic N) is 4. The molecule has 2 aromatic heterocycles. The van der Waals surface area contributed by atoms with Crippen molar-refractivity contribution >= 4 is 36.6 Å². The summed E-state index contributed by atoms with van der Waals surface area (Å²) in [6, 6.07) is 7.22. The molecule has 1 aliphatic rings. The summed E-state index contributed by atoms with van der Waals surface area (Å²) in [6.07, 6.45) is -2.14. The van der Waals surface area contributed by atoms with Crippen LogP contribution in [0.5, 0.6) is 5.75 Å². The first-order valence-electron chi connectivity index (χ1n) is 12.6. The lowest BCUT2D eigenvalue weighted by Crippen LogP contribution is -2.37. The van der Waals surface area contributed by atoms with E-state index in [2.05, 4.69) is 25.4 Å². The number of nitrogens with two attached hydrogens (primary N) is 1. The Morgan fingerprint density at radius 1 is 1.25 bits per heavy atom. The zero-order valence-corrected chi connectivity index (χ0v) is 23.4. The lowest BCUT2D eigenvalue weighted by Gasteiger charge is -2.25. The number of carbonyl (C=O) groups is 1. The minimum atomic E-state index is -4.21. The fourth-order valence-corrected chi connectivity index (χ4v) is 5.71. The van der Waals surface area contributed by atoms with Crippen molar-refractivity contribution in [2.45, 2.75) is 51.4 Å². The Morgan fingerprint density at radius 3 is 2.62 bits per heavy atom. The number of imidazole rings is 1. The molecular weight excluding hydrogens is 545 g/mol. The molecule has 0 radical (unpaired) electrons. The van der Waals surface area contributed by atoms with Gasteiger partial charge in [-0.05, 0) is 32.9 Å². The van der Waals surface area contributed by atoms with Crippen molar-refractivity contribution in [1.29, 1.82) is 0 Å². The van der Waals surface area contributed by atoms with Gasteiger partial charge in [0, 0.05) is 7.05 Å². The van der Waals surface area contributed by atoms with Gasteiger partial charge < -0.3 is 35.3 Å². The monoisotopic (exact) mass is 579 g/mol. The third-order valence-corrected chi connectivity index (χ3v) is 7.74. The van der Waals surface area contributed by atoms with Gasteiger partial charge in [-0.2, -0.15) is 15.1 Å². The molecule has 218 valence electrons. The summed E-state index contributed by atoms with van der Waals surface area (Å²) in [5, 5.41) is 26.6. The number of aliphatic hydroxyl groups is 2. The second kappa shape index (κ2) is 12.5. The number of hydrogen-bond acceptors (Lipinski definition) is 13. The molecule has 6 N–H and O–H groups in total. The number of nitrogen functional groups attached to an aromatic ring is 1. The van der Waals surface area contributed by atoms with Gasteiger partial charge in [0.25, 0.3) is 0 Å². The smallest absolute Gasteiger partial charge is 0.459 e. The number of aliphatic hydroxyl groups excluding tert-OH is 2. The maximum atomic E-state index is 13.8. The average Bonchev–Trinajstić information content (AvgIpc) is 3.47. The van der Waals surface area contributed by atoms with Crippen LogP contribution in [0.4, 0.5) is 11.8 Å². The van der Waals surface area contributed by atoms with Crippen molar-refractivity contribution in [3.63, 3.8) is 0 Å². The zero-order chi connectivity index (χ0) is 29.0. The fourth-order valence-electron chi connectivity index (χ4n) is 4.21. The van der Waals surface area contributed by atoms with Crippen molar-refractivity contribution in [3.05, 3.63) is 36.7 Å². The first kappa shape index (κ1) is 29.6. The Labute approximate surface area is 230 Å². The first-order valence-corrected chi connectivity index (χ1v) is 14.2. The van der Waals surface area contributed by atoms with Crippen molar-refractivity contribution in [3.8, 4) is 5.75 Å². The summed E-state index contributed by atoms with van der Waals surface area (Å²) in [5.41, 5.74) is 6.59. The third kappa shape index (κ3) is 6.52. The number of carbonyl (C=O) groups excluding carboxylic acids is 1. The van der Waals surface area contributed by atoms with Crippen LogP contribution in [0.25, 0.3) is 11.2 Å². The number of rotatable bonds is 12. The van der Waals surface area contributed by atoms with Crippen LogP contribution in [0.15, 0.2) is 36.7 Å². The minimum Gasteiger partial charge on any atom is -0.462 e. The zero-order valence-electron chi connectivity index (χ0n) is 22.5. The summed E-state index contributed by atoms with van der Waals surface area (Å²) < 4.78 is 37.9. The molecule has 0 amide bonds. The van der Waals surface area contributed by atoms with Crippen LogP contribution in [-0.4, -0.2) is 80.3 Å². The molecule has 15 nitrogen and oxygen atoms in total. The molecule has 0 aliphatic carbocycles. The molecule has 6 atom stereocenters. The SMILES string of the molecule is CNc1nc(N)nc2c1ncn2[C@@H]1O[C@H](CO[P@](=O)(N[C@H](C)C(=O)OC(C)C)Oc2ccccc2)[C@@H](O)[C@@H]1CO. The van der Waals surface area contributed by atoms with Crippen LogP contribution >= 0.6 is 7.75 Å². The normalized spacial score (nSPS) is 23.2. The Morgan fingerprint density at radius 2 is 1.98 bits per heavy atom. The number of benzene rings is 1. The number of hydrogen-bond donors (Lipinski definition) is 5. The van der Waals surface area contributed by atoms with E-state index in [1.54, 1.807) is 51.2 Å². The van der Waals surface area contributed by atoms with Crippen molar-refractivity contribution < 1.29 is 38.1 Å². The molecule has 0 saturated carbocycles. The maximum Gasteiger partial charge on any atom is 0.459 e. The summed E-state index contributed by atoms with van der Waals surface area (Å²) in [7, 11) is -2.55. The fraction of sp³-hybridized carbons (Fsp3) is 0.500. The number of para-hydroxylation sites is 1. The van der Waals surface area contributed by atoms with Gasteiger partial charge in [-0.1, -0.05) is 18.2 Å². The molecule has 4 rings (SSSR count). The highest BCUT2D eigenvalue weighted by Crippen LogP contribution is 2.46. The van der Waals surface area contributed by atoms with Gasteiger partial charge in [0.15, 0.2) is 17.0 Å². The van der Waals surface area contributed by atoms with Gasteiger partial charge in [-0.3, -0.25) is 13.9 Å². The van der Waals surface area contributed by atoms with Gasteiger partial charge in [0.2, 0.25) is 5.95 Å². The van der Waals surface area contributed by atoms with E-state index in [0.29, 0.717) is 17.0 Å². The Kier molecular flexibility index (Phi) is 9.23. The summed E-state index contributed by atoms with van der Waals surface area (Å²) >= 11 is 0. The summed E-state index contributed by atoms with van der Waals surface area (Å²) in [5.74, 6) is -0.850. The Balaban J connectivity index is 1.55. The summed E-state index contributed by atoms with van der Waals surface area (Å²) in [4.78, 5) is 25.1. The Hall–Kier alpha value is -3.33. The molecule has 16 heteroatoms. The molecule has 3 aromatic rings. The van der Waals surface area contributed by atoms with Crippen LogP contribution in [0.3, 0.4) is 0 Å². The number of ether oxygens (including phenoxy) is 2. The average molecular weight is 580 g/mol. The number of nitrogens with one attached hydrogen (secondary N) is 2. The van der Waals surface area contributed by atoms with Crippen molar-refractivity contribution in [2.75, 3.05) is 31.3 Å². The van der Waals surface area contributed by atoms with Gasteiger partial charge in [0.05, 0.1) is 37.7 Å². The molecule has 1 aromatic carbocycles. The lowest BCUT2D eigenvalue weighted by molar-refractivity contribution is -0.149. The van der Waals surface area contributed by atoms with Crippen LogP contribution in [-0.2, 0) is 23.4 Å². The highest BCUT2D eigenvalue weighted by atomic mass is 31.2. The van der Waals surface area contributed by atoms with E-state index in [1.807, 2.05) is 0 Å². The van der Waals surface area contributed by atoms with E-state index < -0.39 is 57.3 Å². The molecule has 1 fully saturated rings. The largest absolute Gasteiger partial charge is 0.462 e. The lowest BCUT2D eigenvalue weighted by atomic mass is 10.0. The maximum absolute atomic E-state index is 13.8. The molecular formula is C24H34N7O8P. The van der Waals surface area contributed by atoms with Crippen LogP contribution < -0.4 is 20.7 Å². The first-order chi connectivity index (χ1) is 19.0. The number of esters is 1. The number of fused-ring (bicyclic) bond motifs is 1. The predicted octanol–water partition coefficient (Wildman–Crippen LogP) is 1.45. The van der Waals surface area contributed by atoms with Crippen molar-refractivity contribution in [1.82, 2.24) is 24.6 Å². The summed E-state index contributed by atoms with van der Waals surface area (Å²) in [6.45, 7) is 3.98. The van der Waals surface area contributed by atoms with E-state index >= 15 is 0 Å². The van der Waals surface area contributed by atoms with Crippen molar-refractivity contribution in [2.24, 2.45) is 5.92 Å². The van der Waals surface area contributed by atoms with Gasteiger partial charge in [-0.25, -0.2) is 9.55 Å². The Bertz CT molecular complexity index is 1360. The molecule has 1 aliphatic heterocycles. The molecule has 3 heterocycles. The van der Waals surface area contributed by atoms with Gasteiger partial charge in [-0.15, -0.1) is 0 Å². The topological polar surface area (TPSA) is 205 Å². The van der Waals surface area contributed by atoms with Crippen LogP contribution in [0.2, 0.25) is 0 Å². The quantitative estimate of drug-likeness (QED) is 0.152. The standard InChI is InChI=1S/C24H34N7O8P/c1-13(2)37-23(34)14(3)30-40(35,39-15-8-6-5-7-9-15)36-11-17-19(33)16(10-32)22(38-17)31-12-27-18-20(26-4)28-24(25)29-21(18)31/h5-9,12-14,16-17,19,22,32-33H,10-11H2,1-4H3,(H,30,35)(H3,25,26,28,29)/t14-,16+,17-,19+,22-,40-/m1/s1. The highest BCUT2D eigenvalue weighted by Gasteiger charge is 2.46. The molecule has 40 heavy (non-hydrogen) atoms. The minimum absolute atomic E-state index is 0.00670. The van der Waals surface area contributed by atoms with E-state index in [-0.39, 0.29) is 17.8 Å². The van der Waals surface area contributed by atoms with Gasteiger partial charge in [0.1, 0.15) is 24.1 Å². The molecule has 1 saturated heterocycles. The second-order valence-electron chi connectivity index (χ2n) is 9.44. The van der Waals surface area contributed by atoms with E-state index in [4.69, 9.17) is 24.3 Å². The third-order valence-electron chi connectivity index (χ3n) is 6.10.